The van der Waals surface area contributed by atoms with Crippen molar-refractivity contribution in [3.63, 3.8) is 0 Å². The molecule has 2 atom stereocenters. The van der Waals surface area contributed by atoms with E-state index in [9.17, 15) is 13.2 Å². The molecule has 6 nitrogen and oxygen atoms in total. The first-order chi connectivity index (χ1) is 12.6. The number of nitrogens with zero attached hydrogens (tertiary/aromatic N) is 2. The number of halogens is 3. The van der Waals surface area contributed by atoms with Crippen molar-refractivity contribution in [3.05, 3.63) is 16.1 Å². The average Bonchev–Trinajstić information content (AvgIpc) is 3.14. The monoisotopic (exact) mass is 410 g/mol. The standard InChI is InChI=1S/C15H24N2O2S.C2HF3O2/c1-3-18-13-7-15(19-9-13)5-4-6-17(11-15)8-14-16-12(2)10-20-14;3-2(4,5)1(6)7/h10,13H,3-9,11H2,1-2H3;(H,6,7)/t13-,15+;/m1./s1. The molecule has 27 heavy (non-hydrogen) atoms. The molecule has 0 radical (unpaired) electrons. The van der Waals surface area contributed by atoms with Crippen LogP contribution in [0.4, 0.5) is 13.2 Å². The fourth-order valence-corrected chi connectivity index (χ4v) is 4.23. The molecule has 3 heterocycles. The van der Waals surface area contributed by atoms with E-state index in [0.717, 1.165) is 45.0 Å². The molecule has 10 heteroatoms. The van der Waals surface area contributed by atoms with Gasteiger partial charge in [0.05, 0.1) is 24.9 Å². The van der Waals surface area contributed by atoms with Gasteiger partial charge in [-0.2, -0.15) is 13.2 Å². The Kier molecular flexibility index (Phi) is 7.61. The Morgan fingerprint density at radius 3 is 2.81 bits per heavy atom. The normalized spacial score (nSPS) is 26.0. The van der Waals surface area contributed by atoms with Crippen LogP contribution in [0.3, 0.4) is 0 Å². The average molecular weight is 410 g/mol. The van der Waals surface area contributed by atoms with Crippen molar-refractivity contribution in [1.29, 1.82) is 0 Å². The van der Waals surface area contributed by atoms with Crippen LogP contribution in [0.15, 0.2) is 5.38 Å². The van der Waals surface area contributed by atoms with Crippen molar-refractivity contribution in [1.82, 2.24) is 9.88 Å². The van der Waals surface area contributed by atoms with Gasteiger partial charge >= 0.3 is 12.1 Å². The van der Waals surface area contributed by atoms with E-state index in [1.807, 2.05) is 0 Å². The maximum absolute atomic E-state index is 10.6. The largest absolute Gasteiger partial charge is 0.490 e. The second-order valence-corrected chi connectivity index (χ2v) is 7.72. The molecule has 0 unspecified atom stereocenters. The van der Waals surface area contributed by atoms with Crippen LogP contribution in [0, 0.1) is 6.92 Å². The van der Waals surface area contributed by atoms with Gasteiger partial charge in [0.1, 0.15) is 5.01 Å². The van der Waals surface area contributed by atoms with E-state index < -0.39 is 12.1 Å². The molecule has 154 valence electrons. The molecule has 1 aromatic heterocycles. The van der Waals surface area contributed by atoms with E-state index in [4.69, 9.17) is 19.4 Å². The highest BCUT2D eigenvalue weighted by atomic mass is 32.1. The summed E-state index contributed by atoms with van der Waals surface area (Å²) in [5.74, 6) is -2.76. The van der Waals surface area contributed by atoms with E-state index in [2.05, 4.69) is 29.1 Å². The van der Waals surface area contributed by atoms with Crippen LogP contribution in [0.1, 0.15) is 36.9 Å². The van der Waals surface area contributed by atoms with Crippen molar-refractivity contribution in [3.8, 4) is 0 Å². The van der Waals surface area contributed by atoms with Gasteiger partial charge in [0, 0.05) is 30.6 Å². The van der Waals surface area contributed by atoms with E-state index >= 15 is 0 Å². The number of hydrogen-bond acceptors (Lipinski definition) is 6. The first-order valence-electron chi connectivity index (χ1n) is 8.82. The lowest BCUT2D eigenvalue weighted by Crippen LogP contribution is -2.47. The minimum atomic E-state index is -5.08. The van der Waals surface area contributed by atoms with Gasteiger partial charge in [-0.05, 0) is 33.2 Å². The molecule has 3 rings (SSSR count). The van der Waals surface area contributed by atoms with Crippen LogP contribution in [0.5, 0.6) is 0 Å². The highest BCUT2D eigenvalue weighted by molar-refractivity contribution is 7.09. The highest BCUT2D eigenvalue weighted by Gasteiger charge is 2.43. The summed E-state index contributed by atoms with van der Waals surface area (Å²) in [4.78, 5) is 16.0. The lowest BCUT2D eigenvalue weighted by atomic mass is 9.89. The predicted octanol–water partition coefficient (Wildman–Crippen LogP) is 3.24. The topological polar surface area (TPSA) is 71.9 Å². The maximum Gasteiger partial charge on any atom is 0.490 e. The Labute approximate surface area is 160 Å². The molecule has 2 fully saturated rings. The highest BCUT2D eigenvalue weighted by Crippen LogP contribution is 2.36. The van der Waals surface area contributed by atoms with E-state index in [0.29, 0.717) is 6.10 Å². The van der Waals surface area contributed by atoms with Crippen molar-refractivity contribution in [2.24, 2.45) is 0 Å². The van der Waals surface area contributed by atoms with Gasteiger partial charge in [0.25, 0.3) is 0 Å². The molecule has 2 saturated heterocycles. The number of piperidine rings is 1. The number of carbonyl (C=O) groups is 1. The fraction of sp³-hybridized carbons (Fsp3) is 0.765. The summed E-state index contributed by atoms with van der Waals surface area (Å²) in [6.45, 7) is 8.80. The van der Waals surface area contributed by atoms with Crippen LogP contribution in [-0.2, 0) is 20.8 Å². The number of aryl methyl sites for hydroxylation is 1. The van der Waals surface area contributed by atoms with Gasteiger partial charge in [-0.25, -0.2) is 9.78 Å². The summed E-state index contributed by atoms with van der Waals surface area (Å²) in [5.41, 5.74) is 1.16. The van der Waals surface area contributed by atoms with Crippen LogP contribution in [0.25, 0.3) is 0 Å². The lowest BCUT2D eigenvalue weighted by Gasteiger charge is -2.39. The summed E-state index contributed by atoms with van der Waals surface area (Å²) in [5, 5.41) is 10.5. The molecule has 0 aliphatic carbocycles. The van der Waals surface area contributed by atoms with Crippen LogP contribution < -0.4 is 0 Å². The molecule has 0 aromatic carbocycles. The summed E-state index contributed by atoms with van der Waals surface area (Å²) < 4.78 is 43.6. The molecule has 1 spiro atoms. The molecule has 0 saturated carbocycles. The second kappa shape index (κ2) is 9.31. The minimum absolute atomic E-state index is 0.0321. The summed E-state index contributed by atoms with van der Waals surface area (Å²) in [6, 6.07) is 0. The fourth-order valence-electron chi connectivity index (χ4n) is 3.42. The number of rotatable bonds is 4. The molecular formula is C17H25F3N2O4S. The Morgan fingerprint density at radius 1 is 1.56 bits per heavy atom. The quantitative estimate of drug-likeness (QED) is 0.822. The third kappa shape index (κ3) is 6.70. The van der Waals surface area contributed by atoms with Crippen molar-refractivity contribution in [2.45, 2.75) is 57.5 Å². The summed E-state index contributed by atoms with van der Waals surface area (Å²) >= 11 is 1.76. The van der Waals surface area contributed by atoms with E-state index in [1.54, 1.807) is 11.3 Å². The number of aromatic nitrogens is 1. The van der Waals surface area contributed by atoms with E-state index in [1.165, 1.54) is 17.8 Å². The number of carboxylic acid groups (broad SMARTS) is 1. The second-order valence-electron chi connectivity index (χ2n) is 6.78. The molecular weight excluding hydrogens is 385 g/mol. The Balaban J connectivity index is 0.000000321. The van der Waals surface area contributed by atoms with E-state index in [-0.39, 0.29) is 5.60 Å². The number of alkyl halides is 3. The van der Waals surface area contributed by atoms with Crippen LogP contribution in [0.2, 0.25) is 0 Å². The number of ether oxygens (including phenoxy) is 2. The third-order valence-corrected chi connectivity index (χ3v) is 5.42. The van der Waals surface area contributed by atoms with Gasteiger partial charge in [0.2, 0.25) is 0 Å². The molecule has 2 aliphatic rings. The van der Waals surface area contributed by atoms with Crippen molar-refractivity contribution >= 4 is 17.3 Å². The molecule has 1 N–H and O–H groups in total. The Bertz CT molecular complexity index is 626. The van der Waals surface area contributed by atoms with Gasteiger partial charge in [0.15, 0.2) is 0 Å². The number of carboxylic acids is 1. The van der Waals surface area contributed by atoms with Gasteiger partial charge in [-0.1, -0.05) is 0 Å². The van der Waals surface area contributed by atoms with Crippen molar-refractivity contribution < 1.29 is 32.5 Å². The number of aliphatic carboxylic acids is 1. The van der Waals surface area contributed by atoms with Crippen molar-refractivity contribution in [2.75, 3.05) is 26.3 Å². The number of hydrogen-bond donors (Lipinski definition) is 1. The first-order valence-corrected chi connectivity index (χ1v) is 9.70. The van der Waals surface area contributed by atoms with Gasteiger partial charge in [-0.3, -0.25) is 4.90 Å². The van der Waals surface area contributed by atoms with Crippen LogP contribution in [-0.4, -0.2) is 65.1 Å². The number of thiazole rings is 1. The molecule has 2 aliphatic heterocycles. The SMILES string of the molecule is CCO[C@H]1CO[C@@]2(CCCN(Cc3nc(C)cs3)C2)C1.O=C(O)C(F)(F)F. The molecule has 0 amide bonds. The lowest BCUT2D eigenvalue weighted by molar-refractivity contribution is -0.192. The van der Waals surface area contributed by atoms with Crippen LogP contribution >= 0.6 is 11.3 Å². The molecule has 0 bridgehead atoms. The number of likely N-dealkylation sites (tertiary alicyclic amines) is 1. The maximum atomic E-state index is 10.6. The minimum Gasteiger partial charge on any atom is -0.475 e. The zero-order chi connectivity index (χ0) is 20.1. The third-order valence-electron chi connectivity index (χ3n) is 4.46. The van der Waals surface area contributed by atoms with Gasteiger partial charge in [-0.15, -0.1) is 11.3 Å². The first kappa shape index (κ1) is 22.1. The summed E-state index contributed by atoms with van der Waals surface area (Å²) in [6.07, 6.45) is -1.36. The zero-order valence-electron chi connectivity index (χ0n) is 15.4. The Hall–Kier alpha value is -1.23. The molecule has 1 aromatic rings. The summed E-state index contributed by atoms with van der Waals surface area (Å²) in [7, 11) is 0. The smallest absolute Gasteiger partial charge is 0.475 e. The van der Waals surface area contributed by atoms with Gasteiger partial charge < -0.3 is 14.6 Å². The predicted molar refractivity (Wildman–Crippen MR) is 93.8 cm³/mol. The zero-order valence-corrected chi connectivity index (χ0v) is 16.2. The Morgan fingerprint density at radius 2 is 2.26 bits per heavy atom.